The average molecular weight is 218 g/mol. The van der Waals surface area contributed by atoms with Gasteiger partial charge in [-0.05, 0) is 6.42 Å². The third-order valence-electron chi connectivity index (χ3n) is 1.76. The van der Waals surface area contributed by atoms with E-state index in [0.717, 1.165) is 6.42 Å². The molecular formula is C9H18N2O4. The average Bonchev–Trinajstić information content (AvgIpc) is 2.15. The molecule has 0 bridgehead atoms. The number of ether oxygens (including phenoxy) is 1. The van der Waals surface area contributed by atoms with Crippen molar-refractivity contribution in [3.05, 3.63) is 0 Å². The molecule has 0 aliphatic carbocycles. The summed E-state index contributed by atoms with van der Waals surface area (Å²) < 4.78 is 4.87. The minimum Gasteiger partial charge on any atom is -0.480 e. The summed E-state index contributed by atoms with van der Waals surface area (Å²) in [5, 5.41) is 11.6. The minimum absolute atomic E-state index is 0.132. The maximum Gasteiger partial charge on any atom is 0.320 e. The van der Waals surface area contributed by atoms with Crippen LogP contribution < -0.4 is 11.1 Å². The summed E-state index contributed by atoms with van der Waals surface area (Å²) in [4.78, 5) is 21.0. The van der Waals surface area contributed by atoms with Crippen LogP contribution in [0.25, 0.3) is 0 Å². The Morgan fingerprint density at radius 1 is 1.53 bits per heavy atom. The van der Waals surface area contributed by atoms with Crippen LogP contribution in [0.2, 0.25) is 0 Å². The summed E-state index contributed by atoms with van der Waals surface area (Å²) in [7, 11) is 0. The molecule has 0 spiro atoms. The molecule has 15 heavy (non-hydrogen) atoms. The fraction of sp³-hybridized carbons (Fsp3) is 0.778. The highest BCUT2D eigenvalue weighted by Gasteiger charge is 2.14. The summed E-state index contributed by atoms with van der Waals surface area (Å²) in [6.07, 6.45) is 1.37. The van der Waals surface area contributed by atoms with Crippen LogP contribution in [0.4, 0.5) is 0 Å². The summed E-state index contributed by atoms with van der Waals surface area (Å²) in [5.74, 6) is -1.40. The molecule has 1 amide bonds. The fourth-order valence-electron chi connectivity index (χ4n) is 1.08. The number of hydrogen-bond donors (Lipinski definition) is 3. The standard InChI is InChI=1S/C9H18N2O4/c1-2-3-7(9(13)14)11-4-5-15-6-8(10)12/h7,11H,2-6H2,1H3,(H2,10,12)(H,13,14). The number of carbonyl (C=O) groups is 2. The number of primary amides is 1. The number of carbonyl (C=O) groups excluding carboxylic acids is 1. The highest BCUT2D eigenvalue weighted by atomic mass is 16.5. The topological polar surface area (TPSA) is 102 Å². The predicted molar refractivity (Wildman–Crippen MR) is 54.3 cm³/mol. The number of rotatable bonds is 9. The van der Waals surface area contributed by atoms with E-state index in [1.165, 1.54) is 0 Å². The lowest BCUT2D eigenvalue weighted by Gasteiger charge is -2.12. The second-order valence-corrected chi connectivity index (χ2v) is 3.15. The van der Waals surface area contributed by atoms with Crippen LogP contribution in [0, 0.1) is 0 Å². The van der Waals surface area contributed by atoms with Gasteiger partial charge in [0.15, 0.2) is 0 Å². The van der Waals surface area contributed by atoms with Gasteiger partial charge in [0.05, 0.1) is 6.61 Å². The second-order valence-electron chi connectivity index (χ2n) is 3.15. The van der Waals surface area contributed by atoms with E-state index < -0.39 is 17.9 Å². The maximum absolute atomic E-state index is 10.7. The van der Waals surface area contributed by atoms with Crippen LogP contribution in [0.1, 0.15) is 19.8 Å². The number of amides is 1. The van der Waals surface area contributed by atoms with E-state index in [0.29, 0.717) is 13.0 Å². The number of nitrogens with one attached hydrogen (secondary N) is 1. The van der Waals surface area contributed by atoms with Crippen LogP contribution >= 0.6 is 0 Å². The highest BCUT2D eigenvalue weighted by Crippen LogP contribution is 1.95. The van der Waals surface area contributed by atoms with Crippen molar-refractivity contribution in [3.63, 3.8) is 0 Å². The van der Waals surface area contributed by atoms with Gasteiger partial charge in [-0.25, -0.2) is 0 Å². The Balaban J connectivity index is 3.53. The zero-order valence-electron chi connectivity index (χ0n) is 8.86. The van der Waals surface area contributed by atoms with Crippen molar-refractivity contribution in [1.82, 2.24) is 5.32 Å². The van der Waals surface area contributed by atoms with Gasteiger partial charge in [0.25, 0.3) is 0 Å². The van der Waals surface area contributed by atoms with Crippen molar-refractivity contribution in [2.75, 3.05) is 19.8 Å². The zero-order valence-corrected chi connectivity index (χ0v) is 8.86. The molecule has 0 fully saturated rings. The van der Waals surface area contributed by atoms with Gasteiger partial charge in [-0.3, -0.25) is 9.59 Å². The van der Waals surface area contributed by atoms with Gasteiger partial charge in [-0.1, -0.05) is 13.3 Å². The molecule has 0 aromatic rings. The molecule has 0 saturated heterocycles. The van der Waals surface area contributed by atoms with Gasteiger partial charge in [-0.2, -0.15) is 0 Å². The molecule has 0 heterocycles. The Bertz CT molecular complexity index is 208. The highest BCUT2D eigenvalue weighted by molar-refractivity contribution is 5.75. The first-order chi connectivity index (χ1) is 7.07. The van der Waals surface area contributed by atoms with Gasteiger partial charge in [0, 0.05) is 6.54 Å². The molecule has 1 atom stereocenters. The Hall–Kier alpha value is -1.14. The molecule has 1 unspecified atom stereocenters. The van der Waals surface area contributed by atoms with Gasteiger partial charge < -0.3 is 20.9 Å². The Labute approximate surface area is 88.8 Å². The van der Waals surface area contributed by atoms with Crippen LogP contribution in [-0.4, -0.2) is 42.8 Å². The smallest absolute Gasteiger partial charge is 0.320 e. The van der Waals surface area contributed by atoms with Crippen LogP contribution in [-0.2, 0) is 14.3 Å². The first kappa shape index (κ1) is 13.9. The van der Waals surface area contributed by atoms with E-state index in [1.54, 1.807) is 0 Å². The molecule has 4 N–H and O–H groups in total. The molecule has 0 aromatic carbocycles. The first-order valence-electron chi connectivity index (χ1n) is 4.90. The second kappa shape index (κ2) is 8.19. The largest absolute Gasteiger partial charge is 0.480 e. The molecule has 0 aromatic heterocycles. The number of hydrogen-bond acceptors (Lipinski definition) is 4. The molecule has 0 saturated carbocycles. The predicted octanol–water partition coefficient (Wildman–Crippen LogP) is -0.669. The van der Waals surface area contributed by atoms with Gasteiger partial charge in [0.2, 0.25) is 5.91 Å². The van der Waals surface area contributed by atoms with E-state index >= 15 is 0 Å². The van der Waals surface area contributed by atoms with Crippen molar-refractivity contribution >= 4 is 11.9 Å². The number of nitrogens with two attached hydrogens (primary N) is 1. The van der Waals surface area contributed by atoms with Crippen molar-refractivity contribution in [1.29, 1.82) is 0 Å². The third-order valence-corrected chi connectivity index (χ3v) is 1.76. The van der Waals surface area contributed by atoms with Crippen LogP contribution in [0.5, 0.6) is 0 Å². The van der Waals surface area contributed by atoms with Crippen molar-refractivity contribution in [2.45, 2.75) is 25.8 Å². The SMILES string of the molecule is CCCC(NCCOCC(N)=O)C(=O)O. The van der Waals surface area contributed by atoms with E-state index in [-0.39, 0.29) is 13.2 Å². The number of aliphatic carboxylic acids is 1. The summed E-state index contributed by atoms with van der Waals surface area (Å²) in [5.41, 5.74) is 4.85. The molecular weight excluding hydrogens is 200 g/mol. The fourth-order valence-corrected chi connectivity index (χ4v) is 1.08. The first-order valence-corrected chi connectivity index (χ1v) is 4.90. The van der Waals surface area contributed by atoms with Gasteiger partial charge in [-0.15, -0.1) is 0 Å². The Morgan fingerprint density at radius 3 is 2.67 bits per heavy atom. The van der Waals surface area contributed by atoms with Crippen molar-refractivity contribution in [2.24, 2.45) is 5.73 Å². The number of carboxylic acids is 1. The summed E-state index contributed by atoms with van der Waals surface area (Å²) >= 11 is 0. The zero-order chi connectivity index (χ0) is 11.7. The van der Waals surface area contributed by atoms with E-state index in [2.05, 4.69) is 5.32 Å². The van der Waals surface area contributed by atoms with E-state index in [9.17, 15) is 9.59 Å². The van der Waals surface area contributed by atoms with Gasteiger partial charge in [0.1, 0.15) is 12.6 Å². The molecule has 0 aliphatic heterocycles. The molecule has 88 valence electrons. The lowest BCUT2D eigenvalue weighted by molar-refractivity contribution is -0.139. The Morgan fingerprint density at radius 2 is 2.20 bits per heavy atom. The van der Waals surface area contributed by atoms with Gasteiger partial charge >= 0.3 is 5.97 Å². The monoisotopic (exact) mass is 218 g/mol. The molecule has 0 radical (unpaired) electrons. The van der Waals surface area contributed by atoms with Crippen LogP contribution in [0.15, 0.2) is 0 Å². The lowest BCUT2D eigenvalue weighted by Crippen LogP contribution is -2.38. The lowest BCUT2D eigenvalue weighted by atomic mass is 10.2. The maximum atomic E-state index is 10.7. The normalized spacial score (nSPS) is 12.3. The molecule has 6 heteroatoms. The molecule has 6 nitrogen and oxygen atoms in total. The summed E-state index contributed by atoms with van der Waals surface area (Å²) in [6, 6.07) is -0.549. The van der Waals surface area contributed by atoms with Crippen molar-refractivity contribution in [3.8, 4) is 0 Å². The molecule has 0 aliphatic rings. The van der Waals surface area contributed by atoms with E-state index in [4.69, 9.17) is 15.6 Å². The molecule has 0 rings (SSSR count). The van der Waals surface area contributed by atoms with Crippen molar-refractivity contribution < 1.29 is 19.4 Å². The minimum atomic E-state index is -0.869. The van der Waals surface area contributed by atoms with Crippen LogP contribution in [0.3, 0.4) is 0 Å². The number of carboxylic acid groups (broad SMARTS) is 1. The van der Waals surface area contributed by atoms with E-state index in [1.807, 2.05) is 6.92 Å². The third kappa shape index (κ3) is 7.90. The Kier molecular flexibility index (Phi) is 7.57. The quantitative estimate of drug-likeness (QED) is 0.445. The summed E-state index contributed by atoms with van der Waals surface area (Å²) in [6.45, 7) is 2.45.